The van der Waals surface area contributed by atoms with Gasteiger partial charge in [0, 0.05) is 72.7 Å². The molecule has 2 heterocycles. The van der Waals surface area contributed by atoms with E-state index in [1.165, 1.54) is 5.56 Å². The van der Waals surface area contributed by atoms with E-state index < -0.39 is 36.1 Å². The molecule has 5 N–H and O–H groups in total. The van der Waals surface area contributed by atoms with E-state index in [0.717, 1.165) is 71.6 Å². The Balaban J connectivity index is 1.02. The molecule has 14 heteroatoms. The van der Waals surface area contributed by atoms with Crippen LogP contribution in [0.15, 0.2) is 65.8 Å². The number of benzene rings is 2. The van der Waals surface area contributed by atoms with E-state index in [1.54, 1.807) is 16.7 Å². The number of carbonyl (C=O) groups is 1. The van der Waals surface area contributed by atoms with Gasteiger partial charge in [0.25, 0.3) is 0 Å². The Labute approximate surface area is 330 Å². The van der Waals surface area contributed by atoms with Gasteiger partial charge < -0.3 is 39.9 Å². The first kappa shape index (κ1) is 41.2. The number of aromatic nitrogens is 1. The fourth-order valence-electron chi connectivity index (χ4n) is 6.79. The van der Waals surface area contributed by atoms with Crippen molar-refractivity contribution in [3.63, 3.8) is 0 Å². The third-order valence-electron chi connectivity index (χ3n) is 10.5. The number of aliphatic hydroxyl groups is 4. The Morgan fingerprint density at radius 1 is 1.07 bits per heavy atom. The van der Waals surface area contributed by atoms with Crippen molar-refractivity contribution in [1.82, 2.24) is 20.1 Å². The van der Waals surface area contributed by atoms with Crippen LogP contribution < -0.4 is 10.1 Å². The Kier molecular flexibility index (Phi) is 15.0. The van der Waals surface area contributed by atoms with Crippen LogP contribution in [0.25, 0.3) is 11.1 Å². The van der Waals surface area contributed by atoms with Crippen LogP contribution in [0.3, 0.4) is 0 Å². The van der Waals surface area contributed by atoms with Crippen LogP contribution in [0.2, 0.25) is 5.02 Å². The molecule has 54 heavy (non-hydrogen) atoms. The minimum atomic E-state index is -1.62. The molecule has 0 spiro atoms. The van der Waals surface area contributed by atoms with Crippen LogP contribution >= 0.6 is 23.4 Å². The third-order valence-corrected chi connectivity index (χ3v) is 13.2. The molecule has 0 bridgehead atoms. The molecule has 1 aromatic heterocycles. The highest BCUT2D eigenvalue weighted by atomic mass is 35.5. The number of hydrogen-bond donors (Lipinski definition) is 5. The van der Waals surface area contributed by atoms with E-state index in [2.05, 4.69) is 45.5 Å². The molecule has 1 amide bonds. The van der Waals surface area contributed by atoms with Gasteiger partial charge in [-0.1, -0.05) is 41.0 Å². The van der Waals surface area contributed by atoms with Gasteiger partial charge in [0.1, 0.15) is 29.5 Å². The molecule has 2 saturated carbocycles. The fourth-order valence-corrected chi connectivity index (χ4v) is 9.07. The van der Waals surface area contributed by atoms with Gasteiger partial charge in [0.2, 0.25) is 5.91 Å². The Bertz CT molecular complexity index is 1670. The largest absolute Gasteiger partial charge is 0.616 e. The van der Waals surface area contributed by atoms with Gasteiger partial charge >= 0.3 is 0 Å². The lowest BCUT2D eigenvalue weighted by Crippen LogP contribution is -2.47. The predicted molar refractivity (Wildman–Crippen MR) is 213 cm³/mol. The van der Waals surface area contributed by atoms with Crippen molar-refractivity contribution < 1.29 is 34.5 Å². The topological polar surface area (TPSA) is 162 Å². The lowest BCUT2D eigenvalue weighted by Gasteiger charge is -2.31. The van der Waals surface area contributed by atoms with E-state index >= 15 is 0 Å². The van der Waals surface area contributed by atoms with Crippen LogP contribution in [0, 0.1) is 0 Å². The predicted octanol–water partition coefficient (Wildman–Crippen LogP) is 3.95. The number of thioether (sulfide) groups is 1. The normalized spacial score (nSPS) is 18.9. The quantitative estimate of drug-likeness (QED) is 0.0603. The molecule has 294 valence electrons. The zero-order valence-electron chi connectivity index (χ0n) is 30.7. The summed E-state index contributed by atoms with van der Waals surface area (Å²) in [4.78, 5) is 22.8. The van der Waals surface area contributed by atoms with Gasteiger partial charge in [-0.05, 0) is 91.3 Å². The average molecular weight is 801 g/mol. The zero-order chi connectivity index (χ0) is 38.1. The van der Waals surface area contributed by atoms with Gasteiger partial charge in [0.05, 0.1) is 25.2 Å². The summed E-state index contributed by atoms with van der Waals surface area (Å²) in [6, 6.07) is 16.5. The summed E-state index contributed by atoms with van der Waals surface area (Å²) < 4.78 is 18.1. The summed E-state index contributed by atoms with van der Waals surface area (Å²) in [5.74, 6) is 2.67. The van der Waals surface area contributed by atoms with Gasteiger partial charge in [-0.2, -0.15) is 0 Å². The molecule has 2 aromatic carbocycles. The van der Waals surface area contributed by atoms with E-state index in [0.29, 0.717) is 61.9 Å². The summed E-state index contributed by atoms with van der Waals surface area (Å²) >= 11 is 7.67. The van der Waals surface area contributed by atoms with Crippen LogP contribution in [0.4, 0.5) is 0 Å². The lowest BCUT2D eigenvalue weighted by atomic mass is 9.94. The molecule has 3 aromatic rings. The zero-order valence-corrected chi connectivity index (χ0v) is 33.0. The minimum Gasteiger partial charge on any atom is -0.616 e. The van der Waals surface area contributed by atoms with Crippen molar-refractivity contribution >= 4 is 40.4 Å². The number of carbonyl (C=O) groups excluding carboxylic acids is 1. The SMILES string of the molecule is O=C(CC(O)C(O)C(O)CO)N(CCCCSc1ccc(Cl)c(CNC2(c3cnccc3-c3ccccc3OC3CC3)CC2)c1)CCN1CC[S+]([O-])CC1. The molecule has 3 unspecified atom stereocenters. The number of rotatable bonds is 21. The molecule has 1 saturated heterocycles. The summed E-state index contributed by atoms with van der Waals surface area (Å²) in [6.07, 6.45) is 4.95. The van der Waals surface area contributed by atoms with Gasteiger partial charge in [0.15, 0.2) is 0 Å². The summed E-state index contributed by atoms with van der Waals surface area (Å²) in [5, 5.41) is 43.9. The minimum absolute atomic E-state index is 0.189. The second kappa shape index (κ2) is 19.6. The average Bonchev–Trinajstić information content (AvgIpc) is 4.14. The maximum Gasteiger partial charge on any atom is 0.225 e. The van der Waals surface area contributed by atoms with E-state index in [-0.39, 0.29) is 17.9 Å². The Morgan fingerprint density at radius 3 is 2.59 bits per heavy atom. The van der Waals surface area contributed by atoms with Crippen LogP contribution in [-0.4, -0.2) is 127 Å². The molecule has 3 aliphatic rings. The maximum absolute atomic E-state index is 13.2. The van der Waals surface area contributed by atoms with Gasteiger partial charge in [-0.3, -0.25) is 14.7 Å². The van der Waals surface area contributed by atoms with Crippen LogP contribution in [0.1, 0.15) is 56.1 Å². The molecule has 6 rings (SSSR count). The molecule has 3 atom stereocenters. The number of halogens is 1. The highest BCUT2D eigenvalue weighted by molar-refractivity contribution is 7.99. The fraction of sp³-hybridized carbons (Fsp3) is 0.550. The first-order valence-electron chi connectivity index (χ1n) is 19.0. The van der Waals surface area contributed by atoms with Crippen molar-refractivity contribution in [3.05, 3.63) is 77.1 Å². The molecule has 0 radical (unpaired) electrons. The maximum atomic E-state index is 13.2. The number of nitrogens with one attached hydrogen (secondary N) is 1. The van der Waals surface area contributed by atoms with Gasteiger partial charge in [-0.25, -0.2) is 0 Å². The van der Waals surface area contributed by atoms with Crippen molar-refractivity contribution in [1.29, 1.82) is 0 Å². The highest BCUT2D eigenvalue weighted by Gasteiger charge is 2.46. The van der Waals surface area contributed by atoms with Crippen molar-refractivity contribution in [3.8, 4) is 16.9 Å². The number of hydrogen-bond acceptors (Lipinski definition) is 11. The smallest absolute Gasteiger partial charge is 0.225 e. The van der Waals surface area contributed by atoms with E-state index in [1.807, 2.05) is 30.6 Å². The number of amides is 1. The second-order valence-corrected chi connectivity index (χ2v) is 17.8. The van der Waals surface area contributed by atoms with Crippen LogP contribution in [-0.2, 0) is 28.1 Å². The lowest BCUT2D eigenvalue weighted by molar-refractivity contribution is -0.138. The number of aliphatic hydroxyl groups excluding tert-OH is 4. The molecular formula is C40H53ClN4O7S2. The van der Waals surface area contributed by atoms with E-state index in [9.17, 15) is 24.7 Å². The molecule has 3 fully saturated rings. The van der Waals surface area contributed by atoms with Crippen molar-refractivity contribution in [2.45, 2.75) is 86.3 Å². The monoisotopic (exact) mass is 800 g/mol. The molecular weight excluding hydrogens is 748 g/mol. The van der Waals surface area contributed by atoms with Gasteiger partial charge in [-0.15, -0.1) is 11.8 Å². The Morgan fingerprint density at radius 2 is 1.85 bits per heavy atom. The molecule has 1 aliphatic heterocycles. The first-order valence-corrected chi connectivity index (χ1v) is 21.9. The standard InChI is InChI=1S/C40H53ClN4O7S2/c41-34-10-9-30(53-20-4-3-15-45(17-16-44-18-21-54(51)22-19-44)38(49)24-35(47)39(50)36(48)27-46)23-28(34)25-43-40(12-13-40)33-26-42-14-11-31(33)32-5-1-2-6-37(32)52-29-7-8-29/h1-2,5-6,9-11,14,23,26,29,35-36,39,43,46-48,50H,3-4,7-8,12-13,15-22,24-25,27H2. The number of ether oxygens (including phenoxy) is 1. The highest BCUT2D eigenvalue weighted by Crippen LogP contribution is 2.50. The Hall–Kier alpha value is -2.43. The summed E-state index contributed by atoms with van der Waals surface area (Å²) in [6.45, 7) is 2.88. The molecule has 11 nitrogen and oxygen atoms in total. The first-order chi connectivity index (χ1) is 26.2. The third kappa shape index (κ3) is 11.3. The number of pyridine rings is 1. The number of para-hydroxylation sites is 1. The van der Waals surface area contributed by atoms with Crippen molar-refractivity contribution in [2.75, 3.05) is 56.6 Å². The molecule has 2 aliphatic carbocycles. The number of unbranched alkanes of at least 4 members (excludes halogenated alkanes) is 1. The number of nitrogens with zero attached hydrogens (tertiary/aromatic N) is 3. The summed E-state index contributed by atoms with van der Waals surface area (Å²) in [7, 11) is 0. The van der Waals surface area contributed by atoms with Crippen LogP contribution in [0.5, 0.6) is 5.75 Å². The van der Waals surface area contributed by atoms with E-state index in [4.69, 9.17) is 21.4 Å². The van der Waals surface area contributed by atoms with Crippen molar-refractivity contribution in [2.24, 2.45) is 0 Å². The summed E-state index contributed by atoms with van der Waals surface area (Å²) in [5.41, 5.74) is 4.24. The second-order valence-electron chi connectivity index (χ2n) is 14.6.